The quantitative estimate of drug-likeness (QED) is 0.155. The third-order valence-electron chi connectivity index (χ3n) is 11.9. The summed E-state index contributed by atoms with van der Waals surface area (Å²) in [5.41, 5.74) is 9.41. The van der Waals surface area contributed by atoms with Gasteiger partial charge < -0.3 is 9.80 Å². The summed E-state index contributed by atoms with van der Waals surface area (Å²) < 4.78 is 5.25. The van der Waals surface area contributed by atoms with Crippen LogP contribution in [0.2, 0.25) is 0 Å². The van der Waals surface area contributed by atoms with Gasteiger partial charge in [0.15, 0.2) is 0 Å². The van der Waals surface area contributed by atoms with Crippen molar-refractivity contribution < 1.29 is 0 Å². The molecule has 0 aliphatic heterocycles. The molecule has 0 amide bonds. The van der Waals surface area contributed by atoms with Crippen molar-refractivity contribution in [3.05, 3.63) is 193 Å². The Kier molecular flexibility index (Phi) is 7.44. The third-order valence-corrected chi connectivity index (χ3v) is 14.2. The van der Waals surface area contributed by atoms with Crippen LogP contribution in [0.25, 0.3) is 72.7 Å². The van der Waals surface area contributed by atoms with Gasteiger partial charge in [-0.1, -0.05) is 97.1 Å². The van der Waals surface area contributed by atoms with Gasteiger partial charge in [-0.3, -0.25) is 0 Å². The molecule has 0 aliphatic carbocycles. The number of hydrogen-bond acceptors (Lipinski definition) is 4. The lowest BCUT2D eigenvalue weighted by molar-refractivity contribution is 1.29. The Balaban J connectivity index is 1.11. The van der Waals surface area contributed by atoms with E-state index in [1.165, 1.54) is 95.2 Å². The van der Waals surface area contributed by atoms with E-state index in [4.69, 9.17) is 0 Å². The van der Waals surface area contributed by atoms with Gasteiger partial charge in [-0.2, -0.15) is 0 Å². The summed E-state index contributed by atoms with van der Waals surface area (Å²) in [6, 6.07) is 67.9. The zero-order valence-corrected chi connectivity index (χ0v) is 33.7. The lowest BCUT2D eigenvalue weighted by Gasteiger charge is -2.29. The van der Waals surface area contributed by atoms with E-state index in [0.29, 0.717) is 0 Å². The topological polar surface area (TPSA) is 6.48 Å². The Morgan fingerprint density at radius 3 is 1.19 bits per heavy atom. The highest BCUT2D eigenvalue weighted by Crippen LogP contribution is 2.49. The van der Waals surface area contributed by atoms with Crippen molar-refractivity contribution in [2.75, 3.05) is 9.80 Å². The van der Waals surface area contributed by atoms with Crippen LogP contribution in [0.3, 0.4) is 0 Å². The molecule has 2 heterocycles. The SMILES string of the molecule is Cc1cccc(N(c2ccc3sc4ccccc4c3c2)c2ccc3ccc4c(N(c5cccc(C)c5)c5ccc6sc7ccccc7c6c5)ccc5ccc2c3c54)c1. The smallest absolute Gasteiger partial charge is 0.0540 e. The summed E-state index contributed by atoms with van der Waals surface area (Å²) >= 11 is 3.73. The van der Waals surface area contributed by atoms with Gasteiger partial charge in [-0.05, 0) is 131 Å². The first-order valence-corrected chi connectivity index (χ1v) is 21.5. The minimum absolute atomic E-state index is 1.15. The molecule has 0 bridgehead atoms. The second-order valence-electron chi connectivity index (χ2n) is 15.5. The number of anilines is 6. The standard InChI is InChI=1S/C54H36N2S2/c1-33-9-7-11-37(29-33)55(39-21-27-51-45(31-39)41-13-3-5-15-49(41)57-51)47-25-19-35-18-24-44-48(26-20-36-17-23-43(47)53(35)54(36)44)56(38-12-8-10-34(2)30-38)40-22-28-52-46(32-40)42-14-4-6-16-50(42)58-52/h3-32H,1-2H3. The lowest BCUT2D eigenvalue weighted by Crippen LogP contribution is -2.11. The average Bonchev–Trinajstić information content (AvgIpc) is 3.82. The van der Waals surface area contributed by atoms with Crippen LogP contribution in [-0.2, 0) is 0 Å². The molecule has 2 nitrogen and oxygen atoms in total. The first-order valence-electron chi connectivity index (χ1n) is 19.8. The molecular weight excluding hydrogens is 741 g/mol. The third kappa shape index (κ3) is 5.15. The second-order valence-corrected chi connectivity index (χ2v) is 17.7. The molecule has 0 aliphatic rings. The molecule has 0 atom stereocenters. The summed E-state index contributed by atoms with van der Waals surface area (Å²) in [6.07, 6.45) is 0. The molecule has 274 valence electrons. The van der Waals surface area contributed by atoms with Crippen LogP contribution in [0, 0.1) is 13.8 Å². The fourth-order valence-corrected chi connectivity index (χ4v) is 11.4. The van der Waals surface area contributed by atoms with E-state index in [9.17, 15) is 0 Å². The molecule has 0 spiro atoms. The van der Waals surface area contributed by atoms with E-state index >= 15 is 0 Å². The molecule has 4 heteroatoms. The maximum atomic E-state index is 2.46. The highest BCUT2D eigenvalue weighted by molar-refractivity contribution is 7.26. The van der Waals surface area contributed by atoms with Gasteiger partial charge in [0.1, 0.15) is 0 Å². The van der Waals surface area contributed by atoms with E-state index < -0.39 is 0 Å². The zero-order chi connectivity index (χ0) is 38.5. The van der Waals surface area contributed by atoms with E-state index in [1.54, 1.807) is 0 Å². The van der Waals surface area contributed by atoms with E-state index in [0.717, 1.165) is 22.7 Å². The molecule has 2 aromatic heterocycles. The van der Waals surface area contributed by atoms with Crippen molar-refractivity contribution >= 4 is 129 Å². The van der Waals surface area contributed by atoms with Crippen LogP contribution < -0.4 is 9.80 Å². The Bertz CT molecular complexity index is 3340. The van der Waals surface area contributed by atoms with Crippen molar-refractivity contribution in [1.29, 1.82) is 0 Å². The molecular formula is C54H36N2S2. The Hall–Kier alpha value is -6.72. The van der Waals surface area contributed by atoms with Crippen molar-refractivity contribution in [3.8, 4) is 0 Å². The number of thiophene rings is 2. The second kappa shape index (κ2) is 12.9. The van der Waals surface area contributed by atoms with Crippen LogP contribution in [-0.4, -0.2) is 0 Å². The van der Waals surface area contributed by atoms with Crippen molar-refractivity contribution in [1.82, 2.24) is 0 Å². The van der Waals surface area contributed by atoms with Gasteiger partial charge in [0, 0.05) is 73.9 Å². The normalized spacial score (nSPS) is 12.0. The maximum absolute atomic E-state index is 2.46. The largest absolute Gasteiger partial charge is 0.310 e. The molecule has 10 aromatic carbocycles. The average molecular weight is 777 g/mol. The number of hydrogen-bond donors (Lipinski definition) is 0. The van der Waals surface area contributed by atoms with Gasteiger partial charge in [-0.25, -0.2) is 0 Å². The number of aryl methyl sites for hydroxylation is 2. The van der Waals surface area contributed by atoms with E-state index in [2.05, 4.69) is 206 Å². The first kappa shape index (κ1) is 33.4. The maximum Gasteiger partial charge on any atom is 0.0540 e. The van der Waals surface area contributed by atoms with Crippen LogP contribution in [0.4, 0.5) is 34.1 Å². The Morgan fingerprint density at radius 2 is 0.724 bits per heavy atom. The first-order chi connectivity index (χ1) is 28.6. The highest BCUT2D eigenvalue weighted by Gasteiger charge is 2.23. The molecule has 12 rings (SSSR count). The number of nitrogens with zero attached hydrogens (tertiary/aromatic N) is 2. The van der Waals surface area contributed by atoms with Crippen LogP contribution in [0.1, 0.15) is 11.1 Å². The lowest BCUT2D eigenvalue weighted by atomic mass is 9.91. The van der Waals surface area contributed by atoms with Crippen molar-refractivity contribution in [3.63, 3.8) is 0 Å². The zero-order valence-electron chi connectivity index (χ0n) is 32.0. The minimum atomic E-state index is 1.15. The van der Waals surface area contributed by atoms with Crippen molar-refractivity contribution in [2.24, 2.45) is 0 Å². The van der Waals surface area contributed by atoms with E-state index in [1.807, 2.05) is 22.7 Å². The van der Waals surface area contributed by atoms with Gasteiger partial charge in [0.05, 0.1) is 11.4 Å². The minimum Gasteiger partial charge on any atom is -0.310 e. The van der Waals surface area contributed by atoms with Crippen LogP contribution in [0.5, 0.6) is 0 Å². The molecule has 58 heavy (non-hydrogen) atoms. The molecule has 0 radical (unpaired) electrons. The highest BCUT2D eigenvalue weighted by atomic mass is 32.1. The van der Waals surface area contributed by atoms with Gasteiger partial charge >= 0.3 is 0 Å². The van der Waals surface area contributed by atoms with Gasteiger partial charge in [0.2, 0.25) is 0 Å². The summed E-state index contributed by atoms with van der Waals surface area (Å²) in [7, 11) is 0. The predicted molar refractivity (Wildman–Crippen MR) is 255 cm³/mol. The van der Waals surface area contributed by atoms with Crippen molar-refractivity contribution in [2.45, 2.75) is 13.8 Å². The summed E-state index contributed by atoms with van der Waals surface area (Å²) in [5.74, 6) is 0. The molecule has 0 saturated heterocycles. The predicted octanol–water partition coefficient (Wildman–Crippen LogP) is 16.9. The van der Waals surface area contributed by atoms with E-state index in [-0.39, 0.29) is 0 Å². The number of rotatable bonds is 6. The number of benzene rings is 10. The summed E-state index contributed by atoms with van der Waals surface area (Å²) in [4.78, 5) is 4.93. The Labute approximate surface area is 344 Å². The molecule has 0 unspecified atom stereocenters. The summed E-state index contributed by atoms with van der Waals surface area (Å²) in [5, 5.41) is 12.7. The van der Waals surface area contributed by atoms with Crippen LogP contribution in [0.15, 0.2) is 182 Å². The fraction of sp³-hybridized carbons (Fsp3) is 0.0370. The van der Waals surface area contributed by atoms with Gasteiger partial charge in [-0.15, -0.1) is 22.7 Å². The monoisotopic (exact) mass is 776 g/mol. The van der Waals surface area contributed by atoms with Gasteiger partial charge in [0.25, 0.3) is 0 Å². The molecule has 0 saturated carbocycles. The number of fused-ring (bicyclic) bond motifs is 6. The Morgan fingerprint density at radius 1 is 0.310 bits per heavy atom. The molecule has 12 aromatic rings. The van der Waals surface area contributed by atoms with Crippen LogP contribution >= 0.6 is 22.7 Å². The molecule has 0 N–H and O–H groups in total. The fourth-order valence-electron chi connectivity index (χ4n) is 9.26. The summed E-state index contributed by atoms with van der Waals surface area (Å²) in [6.45, 7) is 4.36. The molecule has 0 fully saturated rings.